The smallest absolute Gasteiger partial charge is 0.513 e. The highest BCUT2D eigenvalue weighted by Crippen LogP contribution is 2.11. The fourth-order valence-electron chi connectivity index (χ4n) is 1.64. The van der Waals surface area contributed by atoms with Crippen LogP contribution in [0.25, 0.3) is 0 Å². The second-order valence-corrected chi connectivity index (χ2v) is 6.09. The summed E-state index contributed by atoms with van der Waals surface area (Å²) < 4.78 is 11.6. The summed E-state index contributed by atoms with van der Waals surface area (Å²) in [4.78, 5) is 0. The Kier molecular flexibility index (Phi) is 10.2. The molecule has 0 aromatic heterocycles. The van der Waals surface area contributed by atoms with Crippen LogP contribution in [0.3, 0.4) is 0 Å². The van der Waals surface area contributed by atoms with Gasteiger partial charge in [-0.1, -0.05) is 40.5 Å². The van der Waals surface area contributed by atoms with E-state index in [1.807, 2.05) is 0 Å². The van der Waals surface area contributed by atoms with Crippen LogP contribution in [0.15, 0.2) is 0 Å². The molecule has 0 N–H and O–H groups in total. The van der Waals surface area contributed by atoms with E-state index in [0.29, 0.717) is 12.2 Å². The Bertz CT molecular complexity index is 170. The first-order valence-corrected chi connectivity index (χ1v) is 8.99. The van der Waals surface area contributed by atoms with E-state index in [1.54, 1.807) is 0 Å². The van der Waals surface area contributed by atoms with E-state index in [0.717, 1.165) is 38.5 Å². The summed E-state index contributed by atoms with van der Waals surface area (Å²) in [6.07, 6.45) is 7.15. The van der Waals surface area contributed by atoms with Gasteiger partial charge < -0.3 is 8.85 Å². The molecule has 0 spiro atoms. The molecule has 0 aromatic carbocycles. The zero-order valence-electron chi connectivity index (χ0n) is 11.1. The third-order valence-corrected chi connectivity index (χ3v) is 4.29. The maximum atomic E-state index is 5.81. The van der Waals surface area contributed by atoms with Gasteiger partial charge in [-0.25, -0.2) is 0 Å². The zero-order valence-corrected chi connectivity index (χ0v) is 12.9. The van der Waals surface area contributed by atoms with Crippen LogP contribution in [0.4, 0.5) is 0 Å². The summed E-state index contributed by atoms with van der Waals surface area (Å²) in [5.41, 5.74) is 0. The lowest BCUT2D eigenvalue weighted by Crippen LogP contribution is -2.25. The lowest BCUT2D eigenvalue weighted by molar-refractivity contribution is 0.103. The molecule has 0 heterocycles. The van der Waals surface area contributed by atoms with E-state index in [1.165, 1.54) is 0 Å². The van der Waals surface area contributed by atoms with Gasteiger partial charge in [0.15, 0.2) is 0 Å². The second-order valence-electron chi connectivity index (χ2n) is 4.12. The number of rotatable bonds is 10. The highest BCUT2D eigenvalue weighted by molar-refractivity contribution is 7.87. The van der Waals surface area contributed by atoms with Gasteiger partial charge in [0.05, 0.1) is 12.2 Å². The van der Waals surface area contributed by atoms with Crippen LogP contribution in [0.5, 0.6) is 0 Å². The third-order valence-electron chi connectivity index (χ3n) is 2.66. The van der Waals surface area contributed by atoms with Gasteiger partial charge in [0.2, 0.25) is 0 Å². The average molecular weight is 262 g/mol. The summed E-state index contributed by atoms with van der Waals surface area (Å²) in [6, 6.07) is 0. The van der Waals surface area contributed by atoms with Gasteiger partial charge >= 0.3 is 7.99 Å². The fraction of sp³-hybridized carbons (Fsp3) is 1.00. The van der Waals surface area contributed by atoms with Gasteiger partial charge in [0, 0.05) is 0 Å². The zero-order chi connectivity index (χ0) is 12.4. The summed E-state index contributed by atoms with van der Waals surface area (Å²) in [6.45, 7) is 8.64. The Morgan fingerprint density at radius 1 is 0.875 bits per heavy atom. The largest absolute Gasteiger partial charge is 0.569 e. The van der Waals surface area contributed by atoms with Crippen LogP contribution in [0.2, 0.25) is 0 Å². The normalized spacial score (nSPS) is 14.2. The summed E-state index contributed by atoms with van der Waals surface area (Å²) in [5.74, 6) is 0. The standard InChI is InChI=1S/C12H26O2SSi/c1-5-9-11(7-3)13-16(15)14-12(8-4)10-6-2/h11-12H,5-10H2,1-4H3. The number of hydrogen-bond donors (Lipinski definition) is 0. The molecule has 0 aliphatic carbocycles. The van der Waals surface area contributed by atoms with Crippen molar-refractivity contribution in [2.45, 2.75) is 78.4 Å². The molecule has 0 amide bonds. The van der Waals surface area contributed by atoms with Crippen LogP contribution in [-0.4, -0.2) is 20.2 Å². The Hall–Kier alpha value is 0.0369. The van der Waals surface area contributed by atoms with Crippen molar-refractivity contribution in [1.82, 2.24) is 0 Å². The first kappa shape index (κ1) is 16.0. The van der Waals surface area contributed by atoms with Crippen molar-refractivity contribution in [3.05, 3.63) is 0 Å². The van der Waals surface area contributed by atoms with Crippen molar-refractivity contribution in [2.75, 3.05) is 0 Å². The molecule has 0 saturated heterocycles. The predicted molar refractivity (Wildman–Crippen MR) is 73.5 cm³/mol. The quantitative estimate of drug-likeness (QED) is 0.545. The first-order valence-electron chi connectivity index (χ1n) is 6.55. The molecule has 96 valence electrons. The van der Waals surface area contributed by atoms with Crippen molar-refractivity contribution >= 4 is 19.6 Å². The molecule has 0 bridgehead atoms. The molecular formula is C12H26O2SSi. The SMILES string of the molecule is CCCC(CC)O[Si](=S)OC(CC)CCC. The number of hydrogen-bond acceptors (Lipinski definition) is 3. The highest BCUT2D eigenvalue weighted by atomic mass is 32.2. The second kappa shape index (κ2) is 10.2. The minimum atomic E-state index is -1.47. The van der Waals surface area contributed by atoms with E-state index in [4.69, 9.17) is 20.5 Å². The molecule has 0 rings (SSSR count). The molecule has 0 aromatic rings. The van der Waals surface area contributed by atoms with Crippen LogP contribution in [-0.2, 0) is 8.85 Å². The maximum Gasteiger partial charge on any atom is 0.569 e. The van der Waals surface area contributed by atoms with Gasteiger partial charge in [-0.15, -0.1) is 0 Å². The Morgan fingerprint density at radius 2 is 1.25 bits per heavy atom. The van der Waals surface area contributed by atoms with E-state index in [9.17, 15) is 0 Å². The molecule has 0 aliphatic rings. The molecule has 2 atom stereocenters. The summed E-state index contributed by atoms with van der Waals surface area (Å²) in [5, 5.41) is 0. The molecule has 0 fully saturated rings. The minimum Gasteiger partial charge on any atom is -0.513 e. The molecule has 16 heavy (non-hydrogen) atoms. The first-order chi connectivity index (χ1) is 7.67. The van der Waals surface area contributed by atoms with E-state index in [-0.39, 0.29) is 0 Å². The molecule has 2 nitrogen and oxygen atoms in total. The maximum absolute atomic E-state index is 5.81. The van der Waals surface area contributed by atoms with E-state index >= 15 is 0 Å². The molecular weight excluding hydrogens is 236 g/mol. The molecule has 4 heteroatoms. The lowest BCUT2D eigenvalue weighted by atomic mass is 10.2. The fourth-order valence-corrected chi connectivity index (χ4v) is 3.62. The minimum absolute atomic E-state index is 0.301. The van der Waals surface area contributed by atoms with Crippen molar-refractivity contribution < 1.29 is 8.85 Å². The molecule has 2 unspecified atom stereocenters. The molecule has 0 radical (unpaired) electrons. The van der Waals surface area contributed by atoms with Crippen LogP contribution < -0.4 is 0 Å². The highest BCUT2D eigenvalue weighted by Gasteiger charge is 2.16. The van der Waals surface area contributed by atoms with Crippen LogP contribution in [0, 0.1) is 0 Å². The lowest BCUT2D eigenvalue weighted by Gasteiger charge is -2.21. The van der Waals surface area contributed by atoms with Crippen LogP contribution in [0.1, 0.15) is 66.2 Å². The topological polar surface area (TPSA) is 18.5 Å². The predicted octanol–water partition coefficient (Wildman–Crippen LogP) is 4.36. The van der Waals surface area contributed by atoms with Crippen molar-refractivity contribution in [3.8, 4) is 0 Å². The molecule has 0 saturated carbocycles. The Morgan fingerprint density at radius 3 is 1.50 bits per heavy atom. The van der Waals surface area contributed by atoms with Gasteiger partial charge in [0.25, 0.3) is 0 Å². The Labute approximate surface area is 107 Å². The Balaban J connectivity index is 3.93. The summed E-state index contributed by atoms with van der Waals surface area (Å²) in [7, 11) is -1.47. The average Bonchev–Trinajstić information content (AvgIpc) is 2.27. The van der Waals surface area contributed by atoms with Crippen molar-refractivity contribution in [1.29, 1.82) is 0 Å². The van der Waals surface area contributed by atoms with Crippen LogP contribution >= 0.6 is 11.6 Å². The summed E-state index contributed by atoms with van der Waals surface area (Å²) >= 11 is 5.31. The van der Waals surface area contributed by atoms with E-state index < -0.39 is 7.99 Å². The monoisotopic (exact) mass is 262 g/mol. The van der Waals surface area contributed by atoms with E-state index in [2.05, 4.69) is 27.7 Å². The van der Waals surface area contributed by atoms with Gasteiger partial charge in [0.1, 0.15) is 0 Å². The van der Waals surface area contributed by atoms with Crippen molar-refractivity contribution in [3.63, 3.8) is 0 Å². The molecule has 0 aliphatic heterocycles. The third kappa shape index (κ3) is 7.33. The van der Waals surface area contributed by atoms with Gasteiger partial charge in [-0.2, -0.15) is 0 Å². The van der Waals surface area contributed by atoms with Gasteiger partial charge in [-0.3, -0.25) is 0 Å². The van der Waals surface area contributed by atoms with Crippen molar-refractivity contribution in [2.24, 2.45) is 0 Å². The van der Waals surface area contributed by atoms with Gasteiger partial charge in [-0.05, 0) is 37.3 Å².